The lowest BCUT2D eigenvalue weighted by molar-refractivity contribution is -0.148. The summed E-state index contributed by atoms with van der Waals surface area (Å²) in [6.45, 7) is 2.25. The number of nitrogens with zero attached hydrogens (tertiary/aromatic N) is 1. The maximum absolute atomic E-state index is 11.5. The van der Waals surface area contributed by atoms with Crippen molar-refractivity contribution in [2.75, 3.05) is 20.1 Å². The predicted molar refractivity (Wildman–Crippen MR) is 64.1 cm³/mol. The van der Waals surface area contributed by atoms with Gasteiger partial charge in [0.2, 0.25) is 5.91 Å². The van der Waals surface area contributed by atoms with E-state index in [1.165, 1.54) is 4.90 Å². The number of amides is 3. The molecule has 0 unspecified atom stereocenters. The minimum Gasteiger partial charge on any atom is -0.480 e. The summed E-state index contributed by atoms with van der Waals surface area (Å²) in [5.41, 5.74) is -1.15. The maximum atomic E-state index is 11.5. The molecule has 0 bridgehead atoms. The van der Waals surface area contributed by atoms with E-state index in [9.17, 15) is 14.4 Å². The number of rotatable bonds is 5. The molecule has 1 aliphatic carbocycles. The number of hydrogen-bond donors (Lipinski definition) is 3. The molecule has 0 atom stereocenters. The zero-order chi connectivity index (χ0) is 13.8. The molecule has 1 saturated carbocycles. The van der Waals surface area contributed by atoms with Crippen molar-refractivity contribution in [1.82, 2.24) is 15.5 Å². The van der Waals surface area contributed by atoms with Crippen LogP contribution in [0.3, 0.4) is 0 Å². The summed E-state index contributed by atoms with van der Waals surface area (Å²) in [6.07, 6.45) is 1.64. The minimum atomic E-state index is -1.15. The Balaban J connectivity index is 2.38. The van der Waals surface area contributed by atoms with Gasteiger partial charge in [-0.1, -0.05) is 0 Å². The highest BCUT2D eigenvalue weighted by Gasteiger charge is 2.45. The van der Waals surface area contributed by atoms with E-state index in [0.717, 1.165) is 6.42 Å². The first-order valence-electron chi connectivity index (χ1n) is 5.94. The summed E-state index contributed by atoms with van der Waals surface area (Å²) in [6, 6.07) is -0.616. The fourth-order valence-corrected chi connectivity index (χ4v) is 1.65. The van der Waals surface area contributed by atoms with Crippen molar-refractivity contribution in [2.45, 2.75) is 31.7 Å². The van der Waals surface area contributed by atoms with E-state index in [4.69, 9.17) is 5.11 Å². The van der Waals surface area contributed by atoms with Gasteiger partial charge in [0.25, 0.3) is 0 Å². The molecule has 7 heteroatoms. The monoisotopic (exact) mass is 257 g/mol. The molecule has 1 rings (SSSR count). The number of carbonyl (C=O) groups excluding carboxylic acids is 2. The van der Waals surface area contributed by atoms with Crippen LogP contribution in [0.2, 0.25) is 0 Å². The molecule has 7 nitrogen and oxygen atoms in total. The molecule has 0 aromatic carbocycles. The number of urea groups is 1. The zero-order valence-corrected chi connectivity index (χ0v) is 10.7. The number of aliphatic carboxylic acids is 1. The molecule has 0 saturated heterocycles. The van der Waals surface area contributed by atoms with Crippen molar-refractivity contribution in [3.05, 3.63) is 0 Å². The van der Waals surface area contributed by atoms with Crippen LogP contribution in [0, 0.1) is 0 Å². The van der Waals surface area contributed by atoms with Crippen LogP contribution in [-0.2, 0) is 9.59 Å². The minimum absolute atomic E-state index is 0.133. The van der Waals surface area contributed by atoms with Crippen molar-refractivity contribution in [1.29, 1.82) is 0 Å². The predicted octanol–water partition coefficient (Wildman–Crippen LogP) is -0.229. The van der Waals surface area contributed by atoms with Gasteiger partial charge in [0.15, 0.2) is 0 Å². The maximum Gasteiger partial charge on any atom is 0.329 e. The lowest BCUT2D eigenvalue weighted by atomic mass is 9.77. The second kappa shape index (κ2) is 5.70. The molecule has 3 amide bonds. The average Bonchev–Trinajstić information content (AvgIpc) is 2.29. The smallest absolute Gasteiger partial charge is 0.329 e. The Bertz CT molecular complexity index is 352. The fourth-order valence-electron chi connectivity index (χ4n) is 1.65. The van der Waals surface area contributed by atoms with Gasteiger partial charge in [-0.2, -0.15) is 0 Å². The highest BCUT2D eigenvalue weighted by molar-refractivity contribution is 5.89. The number of carboxylic acids is 1. The van der Waals surface area contributed by atoms with E-state index in [2.05, 4.69) is 10.6 Å². The topological polar surface area (TPSA) is 98.7 Å². The van der Waals surface area contributed by atoms with Crippen molar-refractivity contribution in [2.24, 2.45) is 0 Å². The van der Waals surface area contributed by atoms with Crippen molar-refractivity contribution in [3.63, 3.8) is 0 Å². The second-order valence-corrected chi connectivity index (χ2v) is 4.46. The van der Waals surface area contributed by atoms with Crippen LogP contribution in [0.1, 0.15) is 26.2 Å². The summed E-state index contributed by atoms with van der Waals surface area (Å²) in [4.78, 5) is 35.4. The molecule has 0 aromatic rings. The van der Waals surface area contributed by atoms with Gasteiger partial charge in [-0.15, -0.1) is 0 Å². The van der Waals surface area contributed by atoms with Gasteiger partial charge in [0, 0.05) is 13.6 Å². The molecule has 1 aliphatic rings. The molecule has 18 heavy (non-hydrogen) atoms. The Morgan fingerprint density at radius 1 is 1.33 bits per heavy atom. The molecule has 3 N–H and O–H groups in total. The Labute approximate surface area is 106 Å². The van der Waals surface area contributed by atoms with E-state index in [0.29, 0.717) is 19.4 Å². The van der Waals surface area contributed by atoms with Crippen LogP contribution in [0.25, 0.3) is 0 Å². The SMILES string of the molecule is CCN(C)C(=O)CNC(=O)NC1(C(=O)O)CCC1. The van der Waals surface area contributed by atoms with Crippen LogP contribution in [0.4, 0.5) is 4.79 Å². The van der Waals surface area contributed by atoms with E-state index < -0.39 is 17.5 Å². The first-order valence-corrected chi connectivity index (χ1v) is 5.94. The quantitative estimate of drug-likeness (QED) is 0.633. The first kappa shape index (κ1) is 14.3. The van der Waals surface area contributed by atoms with Gasteiger partial charge in [0.05, 0.1) is 6.54 Å². The number of nitrogens with one attached hydrogen (secondary N) is 2. The standard InChI is InChI=1S/C11H19N3O4/c1-3-14(2)8(15)7-12-10(18)13-11(9(16)17)5-4-6-11/h3-7H2,1-2H3,(H,16,17)(H2,12,13,18). The highest BCUT2D eigenvalue weighted by atomic mass is 16.4. The zero-order valence-electron chi connectivity index (χ0n) is 10.7. The van der Waals surface area contributed by atoms with Crippen molar-refractivity contribution < 1.29 is 19.5 Å². The summed E-state index contributed by atoms with van der Waals surface area (Å²) in [7, 11) is 1.63. The summed E-state index contributed by atoms with van der Waals surface area (Å²) >= 11 is 0. The Morgan fingerprint density at radius 2 is 1.94 bits per heavy atom. The van der Waals surface area contributed by atoms with Crippen LogP contribution in [0.5, 0.6) is 0 Å². The lowest BCUT2D eigenvalue weighted by Crippen LogP contribution is -2.61. The van der Waals surface area contributed by atoms with Crippen molar-refractivity contribution >= 4 is 17.9 Å². The molecule has 1 fully saturated rings. The average molecular weight is 257 g/mol. The van der Waals surface area contributed by atoms with Gasteiger partial charge in [-0.05, 0) is 26.2 Å². The van der Waals surface area contributed by atoms with Gasteiger partial charge >= 0.3 is 12.0 Å². The molecule has 0 aliphatic heterocycles. The molecule has 0 spiro atoms. The van der Waals surface area contributed by atoms with E-state index in [1.54, 1.807) is 7.05 Å². The number of hydrogen-bond acceptors (Lipinski definition) is 3. The molecule has 0 aromatic heterocycles. The molecule has 0 heterocycles. The third-order valence-corrected chi connectivity index (χ3v) is 3.27. The van der Waals surface area contributed by atoms with Crippen LogP contribution >= 0.6 is 0 Å². The Hall–Kier alpha value is -1.79. The largest absolute Gasteiger partial charge is 0.480 e. The van der Waals surface area contributed by atoms with Gasteiger partial charge in [-0.3, -0.25) is 4.79 Å². The Kier molecular flexibility index (Phi) is 4.52. The third kappa shape index (κ3) is 3.12. The normalized spacial score (nSPS) is 16.3. The van der Waals surface area contributed by atoms with E-state index >= 15 is 0 Å². The summed E-state index contributed by atoms with van der Waals surface area (Å²) in [5.74, 6) is -1.24. The molecular weight excluding hydrogens is 238 g/mol. The van der Waals surface area contributed by atoms with Crippen LogP contribution in [0.15, 0.2) is 0 Å². The van der Waals surface area contributed by atoms with Crippen molar-refractivity contribution in [3.8, 4) is 0 Å². The van der Waals surface area contributed by atoms with Gasteiger partial charge in [-0.25, -0.2) is 9.59 Å². The van der Waals surface area contributed by atoms with Crippen LogP contribution in [-0.4, -0.2) is 53.6 Å². The van der Waals surface area contributed by atoms with E-state index in [-0.39, 0.29) is 12.5 Å². The summed E-state index contributed by atoms with van der Waals surface area (Å²) < 4.78 is 0. The highest BCUT2D eigenvalue weighted by Crippen LogP contribution is 2.31. The lowest BCUT2D eigenvalue weighted by Gasteiger charge is -2.38. The van der Waals surface area contributed by atoms with Gasteiger partial charge < -0.3 is 20.6 Å². The Morgan fingerprint density at radius 3 is 2.33 bits per heavy atom. The number of carboxylic acid groups (broad SMARTS) is 1. The van der Waals surface area contributed by atoms with E-state index in [1.807, 2.05) is 6.92 Å². The number of likely N-dealkylation sites (N-methyl/N-ethyl adjacent to an activating group) is 1. The number of carbonyl (C=O) groups is 3. The van der Waals surface area contributed by atoms with Gasteiger partial charge in [0.1, 0.15) is 5.54 Å². The summed E-state index contributed by atoms with van der Waals surface area (Å²) in [5, 5.41) is 13.8. The molecule has 102 valence electrons. The fraction of sp³-hybridized carbons (Fsp3) is 0.727. The molecular formula is C11H19N3O4. The first-order chi connectivity index (χ1) is 8.41. The second-order valence-electron chi connectivity index (χ2n) is 4.46. The van der Waals surface area contributed by atoms with Crippen LogP contribution < -0.4 is 10.6 Å². The molecule has 0 radical (unpaired) electrons. The third-order valence-electron chi connectivity index (χ3n) is 3.27.